The van der Waals surface area contributed by atoms with E-state index >= 15 is 0 Å². The van der Waals surface area contributed by atoms with E-state index < -0.39 is 0 Å². The molecule has 2 aromatic heterocycles. The van der Waals surface area contributed by atoms with Gasteiger partial charge in [-0.1, -0.05) is 5.16 Å². The number of nitrogens with one attached hydrogen (secondary N) is 2. The molecule has 3 N–H and O–H groups in total. The Morgan fingerprint density at radius 3 is 2.07 bits per heavy atom. The zero-order valence-corrected chi connectivity index (χ0v) is 8.44. The average Bonchev–Trinajstić information content (AvgIpc) is 2.90. The van der Waals surface area contributed by atoms with Crippen LogP contribution in [0.25, 0.3) is 0 Å². The van der Waals surface area contributed by atoms with E-state index in [0.717, 1.165) is 11.4 Å². The molecule has 2 aromatic rings. The van der Waals surface area contributed by atoms with Crippen molar-refractivity contribution in [2.75, 3.05) is 0 Å². The first-order valence-electron chi connectivity index (χ1n) is 4.78. The van der Waals surface area contributed by atoms with E-state index in [1.165, 1.54) is 0 Å². The fourth-order valence-corrected chi connectivity index (χ4v) is 1.72. The van der Waals surface area contributed by atoms with E-state index in [-0.39, 0.29) is 5.92 Å². The predicted octanol–water partition coefficient (Wildman–Crippen LogP) is 2.32. The van der Waals surface area contributed by atoms with Crippen molar-refractivity contribution in [2.24, 2.45) is 5.16 Å². The van der Waals surface area contributed by atoms with Crippen molar-refractivity contribution >= 4 is 5.71 Å². The number of hydrogen-bond donors (Lipinski definition) is 3. The second kappa shape index (κ2) is 4.04. The van der Waals surface area contributed by atoms with Gasteiger partial charge in [-0.3, -0.25) is 0 Å². The summed E-state index contributed by atoms with van der Waals surface area (Å²) >= 11 is 0. The molecule has 0 atom stereocenters. The molecule has 0 saturated carbocycles. The Morgan fingerprint density at radius 1 is 1.20 bits per heavy atom. The Kier molecular flexibility index (Phi) is 2.58. The standard InChI is InChI=1S/C11H13N3O/c1-8(14-15)11(9-4-2-6-12-9)10-5-3-7-13-10/h2-7,11-13,15H,1H3/b14-8-. The van der Waals surface area contributed by atoms with Crippen LogP contribution in [0.2, 0.25) is 0 Å². The molecule has 0 aliphatic carbocycles. The maximum absolute atomic E-state index is 8.86. The lowest BCUT2D eigenvalue weighted by Gasteiger charge is -2.12. The third kappa shape index (κ3) is 1.79. The lowest BCUT2D eigenvalue weighted by molar-refractivity contribution is 0.317. The summed E-state index contributed by atoms with van der Waals surface area (Å²) in [5, 5.41) is 12.1. The van der Waals surface area contributed by atoms with Gasteiger partial charge in [-0.05, 0) is 31.2 Å². The molecule has 0 radical (unpaired) electrons. The summed E-state index contributed by atoms with van der Waals surface area (Å²) in [7, 11) is 0. The predicted molar refractivity (Wildman–Crippen MR) is 58.3 cm³/mol. The largest absolute Gasteiger partial charge is 0.411 e. The van der Waals surface area contributed by atoms with Gasteiger partial charge in [-0.25, -0.2) is 0 Å². The van der Waals surface area contributed by atoms with Gasteiger partial charge in [0.2, 0.25) is 0 Å². The summed E-state index contributed by atoms with van der Waals surface area (Å²) < 4.78 is 0. The molecule has 2 heterocycles. The normalized spacial score (nSPS) is 12.3. The average molecular weight is 203 g/mol. The minimum atomic E-state index is -0.0417. The number of oxime groups is 1. The molecule has 0 amide bonds. The number of rotatable bonds is 3. The highest BCUT2D eigenvalue weighted by Gasteiger charge is 2.19. The smallest absolute Gasteiger partial charge is 0.0804 e. The second-order valence-corrected chi connectivity index (χ2v) is 3.43. The minimum Gasteiger partial charge on any atom is -0.411 e. The van der Waals surface area contributed by atoms with Crippen molar-refractivity contribution in [1.82, 2.24) is 9.97 Å². The highest BCUT2D eigenvalue weighted by Crippen LogP contribution is 2.23. The SMILES string of the molecule is C/C(=N/O)C(c1ccc[nH]1)c1ccc[nH]1. The first-order chi connectivity index (χ1) is 7.33. The highest BCUT2D eigenvalue weighted by molar-refractivity contribution is 5.90. The molecule has 78 valence electrons. The van der Waals surface area contributed by atoms with E-state index in [1.54, 1.807) is 6.92 Å². The molecule has 0 saturated heterocycles. The highest BCUT2D eigenvalue weighted by atomic mass is 16.4. The summed E-state index contributed by atoms with van der Waals surface area (Å²) in [6.45, 7) is 1.80. The third-order valence-corrected chi connectivity index (χ3v) is 2.44. The molecule has 0 aliphatic heterocycles. The summed E-state index contributed by atoms with van der Waals surface area (Å²) in [5.74, 6) is -0.0417. The van der Waals surface area contributed by atoms with Crippen molar-refractivity contribution in [1.29, 1.82) is 0 Å². The van der Waals surface area contributed by atoms with Crippen LogP contribution in [0.3, 0.4) is 0 Å². The first kappa shape index (κ1) is 9.58. The third-order valence-electron chi connectivity index (χ3n) is 2.44. The molecule has 0 fully saturated rings. The van der Waals surface area contributed by atoms with Gasteiger partial charge in [-0.2, -0.15) is 0 Å². The molecule has 2 rings (SSSR count). The van der Waals surface area contributed by atoms with Crippen LogP contribution in [-0.4, -0.2) is 20.9 Å². The van der Waals surface area contributed by atoms with Gasteiger partial charge in [0.25, 0.3) is 0 Å². The number of aromatic amines is 2. The van der Waals surface area contributed by atoms with Crippen molar-refractivity contribution < 1.29 is 5.21 Å². The van der Waals surface area contributed by atoms with Crippen molar-refractivity contribution in [3.05, 3.63) is 48.0 Å². The lowest BCUT2D eigenvalue weighted by Crippen LogP contribution is -2.11. The minimum absolute atomic E-state index is 0.0417. The Labute approximate surface area is 87.6 Å². The van der Waals surface area contributed by atoms with Crippen molar-refractivity contribution in [2.45, 2.75) is 12.8 Å². The molecule has 0 aromatic carbocycles. The molecular formula is C11H13N3O. The van der Waals surface area contributed by atoms with Crippen LogP contribution in [0.15, 0.2) is 41.8 Å². The Hall–Kier alpha value is -1.97. The van der Waals surface area contributed by atoms with E-state index in [2.05, 4.69) is 15.1 Å². The van der Waals surface area contributed by atoms with E-state index in [4.69, 9.17) is 5.21 Å². The van der Waals surface area contributed by atoms with E-state index in [1.807, 2.05) is 36.7 Å². The van der Waals surface area contributed by atoms with Crippen LogP contribution in [0.1, 0.15) is 24.2 Å². The molecule has 0 aliphatic rings. The molecule has 4 heteroatoms. The fraction of sp³-hybridized carbons (Fsp3) is 0.182. The first-order valence-corrected chi connectivity index (χ1v) is 4.78. The Bertz CT molecular complexity index is 394. The van der Waals surface area contributed by atoms with E-state index in [9.17, 15) is 0 Å². The van der Waals surface area contributed by atoms with Gasteiger partial charge in [-0.15, -0.1) is 0 Å². The van der Waals surface area contributed by atoms with E-state index in [0.29, 0.717) is 5.71 Å². The Morgan fingerprint density at radius 2 is 1.73 bits per heavy atom. The van der Waals surface area contributed by atoms with Gasteiger partial charge in [0, 0.05) is 23.8 Å². The maximum atomic E-state index is 8.86. The summed E-state index contributed by atoms with van der Waals surface area (Å²) in [6.07, 6.45) is 3.71. The van der Waals surface area contributed by atoms with Gasteiger partial charge in [0.15, 0.2) is 0 Å². The Balaban J connectivity index is 2.42. The number of H-pyrrole nitrogens is 2. The van der Waals surface area contributed by atoms with Gasteiger partial charge in [0.05, 0.1) is 11.6 Å². The van der Waals surface area contributed by atoms with Gasteiger partial charge >= 0.3 is 0 Å². The van der Waals surface area contributed by atoms with Crippen LogP contribution >= 0.6 is 0 Å². The molecule has 15 heavy (non-hydrogen) atoms. The topological polar surface area (TPSA) is 64.2 Å². The fourth-order valence-electron chi connectivity index (χ4n) is 1.72. The van der Waals surface area contributed by atoms with Crippen LogP contribution in [0.4, 0.5) is 0 Å². The van der Waals surface area contributed by atoms with Crippen LogP contribution in [0.5, 0.6) is 0 Å². The lowest BCUT2D eigenvalue weighted by atomic mass is 9.97. The second-order valence-electron chi connectivity index (χ2n) is 3.43. The van der Waals surface area contributed by atoms with Crippen molar-refractivity contribution in [3.63, 3.8) is 0 Å². The number of hydrogen-bond acceptors (Lipinski definition) is 2. The quantitative estimate of drug-likeness (QED) is 0.400. The monoisotopic (exact) mass is 203 g/mol. The van der Waals surface area contributed by atoms with Gasteiger partial charge < -0.3 is 15.2 Å². The number of nitrogens with zero attached hydrogens (tertiary/aromatic N) is 1. The zero-order chi connectivity index (χ0) is 10.7. The molecule has 4 nitrogen and oxygen atoms in total. The van der Waals surface area contributed by atoms with Crippen LogP contribution in [-0.2, 0) is 0 Å². The summed E-state index contributed by atoms with van der Waals surface area (Å²) in [6, 6.07) is 7.80. The molecule has 0 unspecified atom stereocenters. The molecule has 0 spiro atoms. The maximum Gasteiger partial charge on any atom is 0.0804 e. The summed E-state index contributed by atoms with van der Waals surface area (Å²) in [4.78, 5) is 6.26. The van der Waals surface area contributed by atoms with Crippen LogP contribution < -0.4 is 0 Å². The number of aromatic nitrogens is 2. The van der Waals surface area contributed by atoms with Gasteiger partial charge in [0.1, 0.15) is 0 Å². The molecular weight excluding hydrogens is 190 g/mol. The summed E-state index contributed by atoms with van der Waals surface area (Å²) in [5.41, 5.74) is 2.67. The zero-order valence-electron chi connectivity index (χ0n) is 8.44. The van der Waals surface area contributed by atoms with Crippen LogP contribution in [0, 0.1) is 0 Å². The van der Waals surface area contributed by atoms with Crippen molar-refractivity contribution in [3.8, 4) is 0 Å². The molecule has 0 bridgehead atoms.